The van der Waals surface area contributed by atoms with E-state index in [0.717, 1.165) is 10.4 Å². The lowest BCUT2D eigenvalue weighted by Crippen LogP contribution is -2.38. The molecule has 0 fully saturated rings. The Labute approximate surface area is 205 Å². The molecule has 0 saturated heterocycles. The molecule has 0 radical (unpaired) electrons. The van der Waals surface area contributed by atoms with E-state index < -0.39 is 39.8 Å². The zero-order chi connectivity index (χ0) is 25.0. The van der Waals surface area contributed by atoms with Gasteiger partial charge in [0, 0.05) is 34.3 Å². The minimum atomic E-state index is -4.29. The van der Waals surface area contributed by atoms with E-state index in [4.69, 9.17) is 23.2 Å². The molecule has 1 amide bonds. The van der Waals surface area contributed by atoms with Crippen LogP contribution in [0.2, 0.25) is 10.0 Å². The maximum atomic E-state index is 14.4. The predicted molar refractivity (Wildman–Crippen MR) is 127 cm³/mol. The lowest BCUT2D eigenvalue weighted by atomic mass is 10.2. The Balaban J connectivity index is 1.95. The highest BCUT2D eigenvalue weighted by Gasteiger charge is 2.29. The number of benzene rings is 3. The molecular weight excluding hydrogens is 508 g/mol. The summed E-state index contributed by atoms with van der Waals surface area (Å²) in [5.41, 5.74) is 0.320. The Morgan fingerprint density at radius 1 is 1.12 bits per heavy atom. The summed E-state index contributed by atoms with van der Waals surface area (Å²) in [6.45, 7) is 0.385. The van der Waals surface area contributed by atoms with Gasteiger partial charge in [0.15, 0.2) is 0 Å². The molecular formula is C22H18Cl2FN3O5S. The van der Waals surface area contributed by atoms with Crippen molar-refractivity contribution in [3.63, 3.8) is 0 Å². The summed E-state index contributed by atoms with van der Waals surface area (Å²) in [6, 6.07) is 13.1. The molecule has 3 aromatic rings. The van der Waals surface area contributed by atoms with E-state index in [0.29, 0.717) is 10.6 Å². The van der Waals surface area contributed by atoms with Crippen LogP contribution in [0.1, 0.15) is 11.1 Å². The van der Waals surface area contributed by atoms with Crippen LogP contribution in [-0.2, 0) is 21.4 Å². The second kappa shape index (κ2) is 10.5. The van der Waals surface area contributed by atoms with E-state index in [1.165, 1.54) is 54.6 Å². The van der Waals surface area contributed by atoms with Crippen molar-refractivity contribution in [2.24, 2.45) is 0 Å². The number of hydrogen-bond acceptors (Lipinski definition) is 5. The monoisotopic (exact) mass is 525 g/mol. The fourth-order valence-corrected chi connectivity index (χ4v) is 4.76. The van der Waals surface area contributed by atoms with Crippen molar-refractivity contribution in [1.82, 2.24) is 4.31 Å². The molecule has 3 rings (SSSR count). The van der Waals surface area contributed by atoms with Crippen LogP contribution in [0.4, 0.5) is 15.8 Å². The third-order valence-electron chi connectivity index (χ3n) is 4.87. The fraction of sp³-hybridized carbons (Fsp3) is 0.136. The van der Waals surface area contributed by atoms with Crippen molar-refractivity contribution >= 4 is 50.5 Å². The molecule has 178 valence electrons. The van der Waals surface area contributed by atoms with Gasteiger partial charge in [-0.25, -0.2) is 12.8 Å². The van der Waals surface area contributed by atoms with Gasteiger partial charge in [0.05, 0.1) is 22.1 Å². The molecule has 0 bridgehead atoms. The van der Waals surface area contributed by atoms with Crippen LogP contribution in [-0.4, -0.2) is 30.1 Å². The molecule has 34 heavy (non-hydrogen) atoms. The summed E-state index contributed by atoms with van der Waals surface area (Å²) in [6.07, 6.45) is 0. The van der Waals surface area contributed by atoms with Gasteiger partial charge < -0.3 is 5.32 Å². The highest BCUT2D eigenvalue weighted by atomic mass is 35.5. The Hall–Kier alpha value is -3.05. The summed E-state index contributed by atoms with van der Waals surface area (Å²) in [5, 5.41) is 13.8. The average Bonchev–Trinajstić information content (AvgIpc) is 2.77. The van der Waals surface area contributed by atoms with E-state index in [-0.39, 0.29) is 26.9 Å². The molecule has 3 aromatic carbocycles. The van der Waals surface area contributed by atoms with Crippen LogP contribution in [0.25, 0.3) is 0 Å². The summed E-state index contributed by atoms with van der Waals surface area (Å²) in [7, 11) is -4.29. The molecule has 0 heterocycles. The number of nitrogens with one attached hydrogen (secondary N) is 1. The number of carbonyl (C=O) groups excluding carboxylic acids is 1. The van der Waals surface area contributed by atoms with E-state index in [2.05, 4.69) is 5.32 Å². The van der Waals surface area contributed by atoms with Crippen molar-refractivity contribution in [1.29, 1.82) is 0 Å². The molecule has 0 spiro atoms. The molecule has 12 heteroatoms. The first kappa shape index (κ1) is 25.6. The molecule has 1 N–H and O–H groups in total. The number of non-ortho nitro benzene ring substituents is 1. The van der Waals surface area contributed by atoms with Gasteiger partial charge in [-0.1, -0.05) is 35.3 Å². The van der Waals surface area contributed by atoms with Crippen molar-refractivity contribution < 1.29 is 22.5 Å². The zero-order valence-electron chi connectivity index (χ0n) is 17.7. The maximum absolute atomic E-state index is 14.4. The Morgan fingerprint density at radius 3 is 2.41 bits per heavy atom. The molecule has 0 aliphatic rings. The third-order valence-corrected chi connectivity index (χ3v) is 7.29. The standard InChI is InChI=1S/C22H18Cl2FN3O5S/c1-14-5-8-16(28(30)31)11-21(14)26-22(29)13-27(12-18-19(24)3-2-4-20(18)25)34(32,33)17-9-6-15(23)7-10-17/h2-11H,12-13H2,1H3,(H,26,29). The minimum absolute atomic E-state index is 0.00811. The first-order chi connectivity index (χ1) is 16.0. The van der Waals surface area contributed by atoms with Gasteiger partial charge in [0.1, 0.15) is 5.82 Å². The molecule has 0 unspecified atom stereocenters. The van der Waals surface area contributed by atoms with Crippen molar-refractivity contribution in [2.75, 3.05) is 11.9 Å². The van der Waals surface area contributed by atoms with Gasteiger partial charge in [-0.2, -0.15) is 4.31 Å². The molecule has 0 aliphatic heterocycles. The number of carbonyl (C=O) groups is 1. The van der Waals surface area contributed by atoms with Crippen LogP contribution in [0.5, 0.6) is 0 Å². The number of sulfonamides is 1. The normalized spacial score (nSPS) is 11.4. The molecule has 0 aromatic heterocycles. The smallest absolute Gasteiger partial charge is 0.271 e. The molecule has 0 atom stereocenters. The van der Waals surface area contributed by atoms with Gasteiger partial charge in [-0.3, -0.25) is 14.9 Å². The number of nitro groups is 1. The topological polar surface area (TPSA) is 110 Å². The first-order valence-corrected chi connectivity index (χ1v) is 11.9. The lowest BCUT2D eigenvalue weighted by Gasteiger charge is -2.23. The summed E-state index contributed by atoms with van der Waals surface area (Å²) < 4.78 is 41.8. The summed E-state index contributed by atoms with van der Waals surface area (Å²) in [5.74, 6) is -1.52. The maximum Gasteiger partial charge on any atom is 0.271 e. The zero-order valence-corrected chi connectivity index (χ0v) is 20.0. The number of halogens is 3. The van der Waals surface area contributed by atoms with Crippen LogP contribution in [0.3, 0.4) is 0 Å². The number of nitrogens with zero attached hydrogens (tertiary/aromatic N) is 2. The lowest BCUT2D eigenvalue weighted by molar-refractivity contribution is -0.384. The largest absolute Gasteiger partial charge is 0.324 e. The average molecular weight is 526 g/mol. The van der Waals surface area contributed by atoms with Gasteiger partial charge in [-0.15, -0.1) is 0 Å². The van der Waals surface area contributed by atoms with Gasteiger partial charge >= 0.3 is 0 Å². The van der Waals surface area contributed by atoms with E-state index in [1.54, 1.807) is 6.92 Å². The van der Waals surface area contributed by atoms with E-state index in [1.807, 2.05) is 0 Å². The number of rotatable bonds is 8. The van der Waals surface area contributed by atoms with Gasteiger partial charge in [-0.05, 0) is 48.9 Å². The Morgan fingerprint density at radius 2 is 1.79 bits per heavy atom. The van der Waals surface area contributed by atoms with E-state index >= 15 is 0 Å². The Kier molecular flexibility index (Phi) is 7.88. The fourth-order valence-electron chi connectivity index (χ4n) is 3.05. The molecule has 8 nitrogen and oxygen atoms in total. The second-order valence-corrected chi connectivity index (χ2v) is 10.0. The number of nitro benzene ring substituents is 1. The number of aryl methyl sites for hydroxylation is 1. The third kappa shape index (κ3) is 5.89. The highest BCUT2D eigenvalue weighted by Crippen LogP contribution is 2.26. The summed E-state index contributed by atoms with van der Waals surface area (Å²) >= 11 is 11.9. The van der Waals surface area contributed by atoms with Crippen LogP contribution in [0.15, 0.2) is 65.6 Å². The molecule has 0 saturated carbocycles. The van der Waals surface area contributed by atoms with E-state index in [9.17, 15) is 27.7 Å². The minimum Gasteiger partial charge on any atom is -0.324 e. The SMILES string of the molecule is Cc1ccc([N+](=O)[O-])cc1NC(=O)CN(Cc1c(F)cccc1Cl)S(=O)(=O)c1ccc(Cl)cc1. The van der Waals surface area contributed by atoms with Gasteiger partial charge in [0.25, 0.3) is 5.69 Å². The number of hydrogen-bond donors (Lipinski definition) is 1. The van der Waals surface area contributed by atoms with Gasteiger partial charge in [0.2, 0.25) is 15.9 Å². The van der Waals surface area contributed by atoms with Crippen molar-refractivity contribution in [2.45, 2.75) is 18.4 Å². The number of amides is 1. The van der Waals surface area contributed by atoms with Crippen LogP contribution >= 0.6 is 23.2 Å². The van der Waals surface area contributed by atoms with Crippen LogP contribution < -0.4 is 5.32 Å². The Bertz CT molecular complexity index is 1330. The first-order valence-electron chi connectivity index (χ1n) is 9.72. The predicted octanol–water partition coefficient (Wildman–Crippen LogP) is 5.18. The van der Waals surface area contributed by atoms with Crippen LogP contribution in [0, 0.1) is 22.9 Å². The van der Waals surface area contributed by atoms with Crippen molar-refractivity contribution in [3.8, 4) is 0 Å². The van der Waals surface area contributed by atoms with Crippen molar-refractivity contribution in [3.05, 3.63) is 97.8 Å². The number of anilines is 1. The quantitative estimate of drug-likeness (QED) is 0.322. The molecule has 0 aliphatic carbocycles. The highest BCUT2D eigenvalue weighted by molar-refractivity contribution is 7.89. The second-order valence-electron chi connectivity index (χ2n) is 7.23. The summed E-state index contributed by atoms with van der Waals surface area (Å²) in [4.78, 5) is 23.1.